The van der Waals surface area contributed by atoms with E-state index >= 15 is 0 Å². The van der Waals surface area contributed by atoms with E-state index in [1.165, 1.54) is 37.3 Å². The quantitative estimate of drug-likeness (QED) is 0.474. The van der Waals surface area contributed by atoms with E-state index in [0.29, 0.717) is 5.70 Å². The van der Waals surface area contributed by atoms with Gasteiger partial charge in [-0.3, -0.25) is 25.1 Å². The van der Waals surface area contributed by atoms with Gasteiger partial charge in [-0.25, -0.2) is 0 Å². The van der Waals surface area contributed by atoms with Crippen LogP contribution in [0.5, 0.6) is 0 Å². The third-order valence-electron chi connectivity index (χ3n) is 2.13. The Bertz CT molecular complexity index is 534. The Morgan fingerprint density at radius 2 is 1.74 bits per heavy atom. The number of hydrogen-bond acceptors (Lipinski definition) is 5. The summed E-state index contributed by atoms with van der Waals surface area (Å²) in [6.45, 7) is 3.01. The largest absolute Gasteiger partial charge is 0.303 e. The number of allylic oxidation sites excluding steroid dienone is 2. The summed E-state index contributed by atoms with van der Waals surface area (Å²) in [5.41, 5.74) is 5.60. The Hall–Kier alpha value is -2.70. The molecule has 100 valence electrons. The Morgan fingerprint density at radius 1 is 1.16 bits per heavy atom. The van der Waals surface area contributed by atoms with Crippen molar-refractivity contribution < 1.29 is 14.5 Å². The Kier molecular flexibility index (Phi) is 4.76. The number of hydrogen-bond donors (Lipinski definition) is 2. The molecule has 0 bridgehead atoms. The van der Waals surface area contributed by atoms with Crippen LogP contribution in [0.2, 0.25) is 0 Å². The molecule has 1 aromatic carbocycles. The molecule has 1 aromatic rings. The molecule has 7 heteroatoms. The molecule has 0 saturated carbocycles. The van der Waals surface area contributed by atoms with Gasteiger partial charge in [-0.15, -0.1) is 0 Å². The molecule has 0 fully saturated rings. The number of hydrazine groups is 1. The van der Waals surface area contributed by atoms with Crippen LogP contribution in [-0.4, -0.2) is 16.6 Å². The summed E-state index contributed by atoms with van der Waals surface area (Å²) in [6.07, 6.45) is 1.33. The Labute approximate surface area is 109 Å². The first-order valence-corrected chi connectivity index (χ1v) is 5.40. The van der Waals surface area contributed by atoms with Crippen molar-refractivity contribution in [1.82, 2.24) is 10.9 Å². The predicted octanol–water partition coefficient (Wildman–Crippen LogP) is 1.32. The maximum atomic E-state index is 11.7. The van der Waals surface area contributed by atoms with E-state index in [-0.39, 0.29) is 17.0 Å². The maximum absolute atomic E-state index is 11.7. The fourth-order valence-corrected chi connectivity index (χ4v) is 1.30. The third kappa shape index (κ3) is 4.58. The zero-order chi connectivity index (χ0) is 14.4. The van der Waals surface area contributed by atoms with Crippen LogP contribution in [0.3, 0.4) is 0 Å². The number of non-ortho nitro benzene ring substituents is 1. The first-order valence-electron chi connectivity index (χ1n) is 5.40. The fraction of sp³-hybridized carbons (Fsp3) is 0.167. The van der Waals surface area contributed by atoms with Crippen molar-refractivity contribution in [3.63, 3.8) is 0 Å². The van der Waals surface area contributed by atoms with Gasteiger partial charge in [0.05, 0.1) is 4.92 Å². The van der Waals surface area contributed by atoms with Crippen molar-refractivity contribution in [3.8, 4) is 0 Å². The average molecular weight is 263 g/mol. The van der Waals surface area contributed by atoms with Gasteiger partial charge in [-0.05, 0) is 26.0 Å². The minimum atomic E-state index is -0.542. The third-order valence-corrected chi connectivity index (χ3v) is 2.13. The first kappa shape index (κ1) is 14.4. The number of amides is 1. The maximum Gasteiger partial charge on any atom is 0.269 e. The van der Waals surface area contributed by atoms with Gasteiger partial charge in [0.25, 0.3) is 11.6 Å². The van der Waals surface area contributed by atoms with E-state index in [2.05, 4.69) is 10.9 Å². The Balaban J connectivity index is 2.64. The van der Waals surface area contributed by atoms with E-state index in [4.69, 9.17) is 0 Å². The van der Waals surface area contributed by atoms with Gasteiger partial charge in [0, 0.05) is 29.5 Å². The molecule has 1 rings (SSSR count). The summed E-state index contributed by atoms with van der Waals surface area (Å²) >= 11 is 0. The number of benzene rings is 1. The number of nitro benzene ring substituents is 1. The van der Waals surface area contributed by atoms with Gasteiger partial charge in [-0.1, -0.05) is 0 Å². The summed E-state index contributed by atoms with van der Waals surface area (Å²) in [5.74, 6) is -0.596. The molecule has 0 atom stereocenters. The lowest BCUT2D eigenvalue weighted by atomic mass is 10.2. The number of nitrogens with zero attached hydrogens (tertiary/aromatic N) is 1. The van der Waals surface area contributed by atoms with Crippen LogP contribution >= 0.6 is 0 Å². The van der Waals surface area contributed by atoms with Crippen molar-refractivity contribution in [3.05, 3.63) is 51.7 Å². The summed E-state index contributed by atoms with van der Waals surface area (Å²) in [6, 6.07) is 5.18. The van der Waals surface area contributed by atoms with Crippen LogP contribution in [0.4, 0.5) is 5.69 Å². The molecular weight excluding hydrogens is 250 g/mol. The van der Waals surface area contributed by atoms with E-state index in [9.17, 15) is 19.7 Å². The second-order valence-corrected chi connectivity index (χ2v) is 3.82. The van der Waals surface area contributed by atoms with Crippen molar-refractivity contribution >= 4 is 17.4 Å². The zero-order valence-electron chi connectivity index (χ0n) is 10.5. The van der Waals surface area contributed by atoms with Crippen LogP contribution in [0, 0.1) is 10.1 Å². The number of carbonyl (C=O) groups excluding carboxylic acids is 2. The molecular formula is C12H13N3O4. The van der Waals surface area contributed by atoms with Gasteiger partial charge >= 0.3 is 0 Å². The average Bonchev–Trinajstić information content (AvgIpc) is 2.35. The number of nitrogens with one attached hydrogen (secondary N) is 2. The molecule has 19 heavy (non-hydrogen) atoms. The van der Waals surface area contributed by atoms with Crippen LogP contribution < -0.4 is 10.9 Å². The fourth-order valence-electron chi connectivity index (χ4n) is 1.30. The second-order valence-electron chi connectivity index (χ2n) is 3.82. The molecule has 7 nitrogen and oxygen atoms in total. The Morgan fingerprint density at radius 3 is 2.21 bits per heavy atom. The molecule has 0 aliphatic rings. The van der Waals surface area contributed by atoms with Gasteiger partial charge in [-0.2, -0.15) is 0 Å². The molecule has 1 amide bonds. The monoisotopic (exact) mass is 263 g/mol. The molecule has 0 aliphatic heterocycles. The molecule has 0 unspecified atom stereocenters. The van der Waals surface area contributed by atoms with E-state index in [1.807, 2.05) is 0 Å². The van der Waals surface area contributed by atoms with Crippen LogP contribution in [-0.2, 0) is 4.79 Å². The second kappa shape index (κ2) is 6.29. The molecule has 0 aromatic heterocycles. The number of rotatable bonds is 5. The van der Waals surface area contributed by atoms with E-state index < -0.39 is 10.8 Å². The van der Waals surface area contributed by atoms with Crippen LogP contribution in [0.1, 0.15) is 24.2 Å². The van der Waals surface area contributed by atoms with E-state index in [1.54, 1.807) is 6.92 Å². The molecule has 0 saturated heterocycles. The zero-order valence-corrected chi connectivity index (χ0v) is 10.5. The molecule has 0 aliphatic carbocycles. The molecule has 0 spiro atoms. The van der Waals surface area contributed by atoms with Crippen LogP contribution in [0.15, 0.2) is 36.0 Å². The van der Waals surface area contributed by atoms with Crippen molar-refractivity contribution in [1.29, 1.82) is 0 Å². The smallest absolute Gasteiger partial charge is 0.269 e. The standard InChI is InChI=1S/C12H13N3O4/c1-8(7-9(2)16)13-14-12(17)10-3-5-11(6-4-10)15(18)19/h3-7,13H,1-2H3,(H,14,17). The SMILES string of the molecule is CC(=O)C=C(C)NNC(=O)c1ccc([N+](=O)[O-])cc1. The number of nitro groups is 1. The highest BCUT2D eigenvalue weighted by molar-refractivity contribution is 5.94. The lowest BCUT2D eigenvalue weighted by Gasteiger charge is -2.08. The summed E-state index contributed by atoms with van der Waals surface area (Å²) < 4.78 is 0. The van der Waals surface area contributed by atoms with E-state index in [0.717, 1.165) is 0 Å². The molecule has 2 N–H and O–H groups in total. The molecule has 0 heterocycles. The highest BCUT2D eigenvalue weighted by atomic mass is 16.6. The first-order chi connectivity index (χ1) is 8.90. The highest BCUT2D eigenvalue weighted by Crippen LogP contribution is 2.11. The summed E-state index contributed by atoms with van der Waals surface area (Å²) in [4.78, 5) is 32.3. The highest BCUT2D eigenvalue weighted by Gasteiger charge is 2.08. The molecule has 0 radical (unpaired) electrons. The minimum absolute atomic E-state index is 0.0860. The van der Waals surface area contributed by atoms with Crippen LogP contribution in [0.25, 0.3) is 0 Å². The van der Waals surface area contributed by atoms with Crippen molar-refractivity contribution in [2.24, 2.45) is 0 Å². The summed E-state index contributed by atoms with van der Waals surface area (Å²) in [5, 5.41) is 10.5. The minimum Gasteiger partial charge on any atom is -0.303 e. The van der Waals surface area contributed by atoms with Crippen molar-refractivity contribution in [2.45, 2.75) is 13.8 Å². The number of carbonyl (C=O) groups is 2. The predicted molar refractivity (Wildman–Crippen MR) is 68.1 cm³/mol. The van der Waals surface area contributed by atoms with Gasteiger partial charge in [0.15, 0.2) is 5.78 Å². The summed E-state index contributed by atoms with van der Waals surface area (Å²) in [7, 11) is 0. The normalized spacial score (nSPS) is 10.7. The number of ketones is 1. The lowest BCUT2D eigenvalue weighted by Crippen LogP contribution is -2.36. The van der Waals surface area contributed by atoms with Gasteiger partial charge in [0.2, 0.25) is 0 Å². The van der Waals surface area contributed by atoms with Crippen molar-refractivity contribution in [2.75, 3.05) is 0 Å². The topological polar surface area (TPSA) is 101 Å². The lowest BCUT2D eigenvalue weighted by molar-refractivity contribution is -0.384. The van der Waals surface area contributed by atoms with Gasteiger partial charge < -0.3 is 5.43 Å². The van der Waals surface area contributed by atoms with Gasteiger partial charge in [0.1, 0.15) is 0 Å².